The topological polar surface area (TPSA) is 130 Å². The summed E-state index contributed by atoms with van der Waals surface area (Å²) in [6, 6.07) is 12.4. The quantitative estimate of drug-likeness (QED) is 0.296. The van der Waals surface area contributed by atoms with E-state index >= 15 is 0 Å². The Hall–Kier alpha value is -5.18. The molecule has 11 nitrogen and oxygen atoms in total. The first-order valence-electron chi connectivity index (χ1n) is 13.6. The molecule has 4 aromatic heterocycles. The molecule has 0 unspecified atom stereocenters. The maximum Gasteiger partial charge on any atom is 0.290 e. The number of carbonyl (C=O) groups excluding carboxylic acids is 2. The van der Waals surface area contributed by atoms with E-state index in [0.29, 0.717) is 27.5 Å². The van der Waals surface area contributed by atoms with Gasteiger partial charge in [0.15, 0.2) is 0 Å². The number of rotatable bonds is 5. The second-order valence-electron chi connectivity index (χ2n) is 10.9. The van der Waals surface area contributed by atoms with Crippen LogP contribution in [0.15, 0.2) is 59.3 Å². The van der Waals surface area contributed by atoms with Crippen molar-refractivity contribution < 1.29 is 35.6 Å². The Labute approximate surface area is 252 Å². The average molecular weight is 637 g/mol. The van der Waals surface area contributed by atoms with Crippen molar-refractivity contribution in [3.63, 3.8) is 0 Å². The van der Waals surface area contributed by atoms with Crippen LogP contribution in [0.1, 0.15) is 20.9 Å². The monoisotopic (exact) mass is 636 g/mol. The molecule has 230 valence electrons. The Morgan fingerprint density at radius 3 is 2.51 bits per heavy atom. The number of hydrogen-bond acceptors (Lipinski definition) is 7. The minimum Gasteiger partial charge on any atom is -0.450 e. The number of benzene rings is 2. The number of aromatic nitrogens is 3. The third kappa shape index (κ3) is 4.44. The van der Waals surface area contributed by atoms with E-state index in [4.69, 9.17) is 9.40 Å². The SMILES string of the molecule is CNC(=O)c1c(C(=O)N2CC(F)(F)C2)oc2cc(N(C)S(C)(=O)=O)c(-c3ccc4ncn5c6cccc(F)c6cc5c4n3)cc12. The Balaban J connectivity index is 1.49. The van der Waals surface area contributed by atoms with E-state index in [1.165, 1.54) is 32.3 Å². The molecule has 0 radical (unpaired) electrons. The van der Waals surface area contributed by atoms with E-state index in [1.54, 1.807) is 41.1 Å². The average Bonchev–Trinajstić information content (AvgIpc) is 3.57. The van der Waals surface area contributed by atoms with Gasteiger partial charge in [-0.1, -0.05) is 6.07 Å². The first kappa shape index (κ1) is 28.6. The summed E-state index contributed by atoms with van der Waals surface area (Å²) in [4.78, 5) is 36.4. The second-order valence-corrected chi connectivity index (χ2v) is 12.9. The van der Waals surface area contributed by atoms with Gasteiger partial charge in [-0.15, -0.1) is 0 Å². The molecule has 1 aliphatic heterocycles. The lowest BCUT2D eigenvalue weighted by molar-refractivity contribution is -0.113. The van der Waals surface area contributed by atoms with Gasteiger partial charge in [-0.3, -0.25) is 18.3 Å². The molecule has 0 atom stereocenters. The zero-order valence-electron chi connectivity index (χ0n) is 23.9. The molecule has 0 spiro atoms. The third-order valence-electron chi connectivity index (χ3n) is 7.96. The van der Waals surface area contributed by atoms with Gasteiger partial charge in [-0.2, -0.15) is 0 Å². The number of anilines is 1. The molecular formula is C30H23F3N6O5S. The van der Waals surface area contributed by atoms with Crippen LogP contribution in [-0.4, -0.2) is 78.9 Å². The second kappa shape index (κ2) is 9.66. The predicted octanol–water partition coefficient (Wildman–Crippen LogP) is 4.43. The first-order valence-corrected chi connectivity index (χ1v) is 15.4. The number of furan rings is 1. The van der Waals surface area contributed by atoms with Crippen LogP contribution < -0.4 is 9.62 Å². The van der Waals surface area contributed by atoms with Crippen molar-refractivity contribution in [2.45, 2.75) is 5.92 Å². The number of nitrogens with zero attached hydrogens (tertiary/aromatic N) is 5. The fraction of sp³-hybridized carbons (Fsp3) is 0.200. The maximum atomic E-state index is 14.7. The van der Waals surface area contributed by atoms with E-state index < -0.39 is 52.4 Å². The van der Waals surface area contributed by atoms with Crippen molar-refractivity contribution >= 4 is 65.9 Å². The minimum absolute atomic E-state index is 0.0170. The third-order valence-corrected chi connectivity index (χ3v) is 9.15. The van der Waals surface area contributed by atoms with E-state index in [9.17, 15) is 31.2 Å². The molecular weight excluding hydrogens is 613 g/mol. The number of fused-ring (bicyclic) bond motifs is 6. The van der Waals surface area contributed by atoms with E-state index in [1.807, 2.05) is 0 Å². The summed E-state index contributed by atoms with van der Waals surface area (Å²) in [5.41, 5.74) is 2.43. The smallest absolute Gasteiger partial charge is 0.290 e. The van der Waals surface area contributed by atoms with Crippen LogP contribution in [0.2, 0.25) is 0 Å². The van der Waals surface area contributed by atoms with Crippen LogP contribution in [0.25, 0.3) is 49.7 Å². The summed E-state index contributed by atoms with van der Waals surface area (Å²) in [6.07, 6.45) is 2.56. The van der Waals surface area contributed by atoms with Gasteiger partial charge in [0.2, 0.25) is 15.8 Å². The number of nitrogens with one attached hydrogen (secondary N) is 1. The van der Waals surface area contributed by atoms with Crippen LogP contribution >= 0.6 is 0 Å². The fourth-order valence-electron chi connectivity index (χ4n) is 5.61. The zero-order chi connectivity index (χ0) is 32.0. The van der Waals surface area contributed by atoms with Crippen LogP contribution in [0.4, 0.5) is 18.9 Å². The largest absolute Gasteiger partial charge is 0.450 e. The number of sulfonamides is 1. The van der Waals surface area contributed by atoms with Gasteiger partial charge in [-0.05, 0) is 36.4 Å². The van der Waals surface area contributed by atoms with E-state index in [0.717, 1.165) is 15.5 Å². The fourth-order valence-corrected chi connectivity index (χ4v) is 6.12. The molecule has 7 rings (SSSR count). The van der Waals surface area contributed by atoms with Crippen molar-refractivity contribution in [3.8, 4) is 11.3 Å². The molecule has 2 amide bonds. The summed E-state index contributed by atoms with van der Waals surface area (Å²) in [7, 11) is -1.19. The number of hydrogen-bond donors (Lipinski definition) is 1. The first-order chi connectivity index (χ1) is 21.3. The maximum absolute atomic E-state index is 14.7. The van der Waals surface area contributed by atoms with E-state index in [2.05, 4.69) is 10.3 Å². The van der Waals surface area contributed by atoms with Crippen molar-refractivity contribution in [1.82, 2.24) is 24.6 Å². The Morgan fingerprint density at radius 2 is 1.82 bits per heavy atom. The van der Waals surface area contributed by atoms with Crippen LogP contribution in [0, 0.1) is 5.82 Å². The lowest BCUT2D eigenvalue weighted by atomic mass is 10.0. The zero-order valence-corrected chi connectivity index (χ0v) is 24.7. The number of carbonyl (C=O) groups is 2. The molecule has 15 heteroatoms. The van der Waals surface area contributed by atoms with E-state index in [-0.39, 0.29) is 33.5 Å². The van der Waals surface area contributed by atoms with Gasteiger partial charge in [0.1, 0.15) is 23.2 Å². The van der Waals surface area contributed by atoms with Gasteiger partial charge >= 0.3 is 0 Å². The van der Waals surface area contributed by atoms with Gasteiger partial charge in [0.25, 0.3) is 17.7 Å². The van der Waals surface area contributed by atoms with Crippen LogP contribution in [0.3, 0.4) is 0 Å². The summed E-state index contributed by atoms with van der Waals surface area (Å²) in [6.45, 7) is -1.66. The molecule has 1 saturated heterocycles. The van der Waals surface area contributed by atoms with Crippen molar-refractivity contribution in [1.29, 1.82) is 0 Å². The highest BCUT2D eigenvalue weighted by Crippen LogP contribution is 2.40. The molecule has 2 aromatic carbocycles. The van der Waals surface area contributed by atoms with Gasteiger partial charge < -0.3 is 14.6 Å². The summed E-state index contributed by atoms with van der Waals surface area (Å²) >= 11 is 0. The molecule has 0 saturated carbocycles. The van der Waals surface area contributed by atoms with Crippen molar-refractivity contribution in [3.05, 3.63) is 72.0 Å². The highest BCUT2D eigenvalue weighted by molar-refractivity contribution is 7.92. The number of alkyl halides is 2. The minimum atomic E-state index is -3.85. The standard InChI is InChI=1S/C30H23F3N6O5S/c1-34-28(40)25-17-9-16(19-7-8-20-26(36-19)23-10-15-18(31)5-4-6-21(15)39(23)14-35-20)22(37(2)45(3,42)43)11-24(17)44-27(25)29(41)38-12-30(32,33)13-38/h4-11,14H,12-13H2,1-3H3,(H,34,40). The summed E-state index contributed by atoms with van der Waals surface area (Å²) in [5, 5.41) is 2.95. The molecule has 0 bridgehead atoms. The normalized spacial score (nSPS) is 14.8. The lowest BCUT2D eigenvalue weighted by Gasteiger charge is -2.38. The molecule has 0 aliphatic carbocycles. The summed E-state index contributed by atoms with van der Waals surface area (Å²) in [5.74, 6) is -5.53. The molecule has 1 fully saturated rings. The predicted molar refractivity (Wildman–Crippen MR) is 161 cm³/mol. The summed E-state index contributed by atoms with van der Waals surface area (Å²) < 4.78 is 75.8. The van der Waals surface area contributed by atoms with Crippen molar-refractivity contribution in [2.24, 2.45) is 0 Å². The Bertz CT molecular complexity index is 2360. The lowest BCUT2D eigenvalue weighted by Crippen LogP contribution is -2.58. The molecule has 5 heterocycles. The molecule has 45 heavy (non-hydrogen) atoms. The van der Waals surface area contributed by atoms with Crippen LogP contribution in [-0.2, 0) is 10.0 Å². The Kier molecular flexibility index (Phi) is 6.14. The number of likely N-dealkylation sites (tertiary alicyclic amines) is 1. The highest BCUT2D eigenvalue weighted by Gasteiger charge is 2.48. The highest BCUT2D eigenvalue weighted by atomic mass is 32.2. The van der Waals surface area contributed by atoms with Crippen LogP contribution in [0.5, 0.6) is 0 Å². The number of amides is 2. The van der Waals surface area contributed by atoms with Gasteiger partial charge in [0.05, 0.1) is 52.8 Å². The van der Waals surface area contributed by atoms with Gasteiger partial charge in [-0.25, -0.2) is 31.6 Å². The number of pyridine rings is 1. The van der Waals surface area contributed by atoms with Crippen molar-refractivity contribution in [2.75, 3.05) is 37.7 Å². The molecule has 6 aromatic rings. The number of halogens is 3. The van der Waals surface area contributed by atoms with Gasteiger partial charge in [0, 0.05) is 36.5 Å². The Morgan fingerprint density at radius 1 is 1.07 bits per heavy atom. The molecule has 1 aliphatic rings. The molecule has 1 N–H and O–H groups in total.